The van der Waals surface area contributed by atoms with Gasteiger partial charge in [-0.15, -0.1) is 0 Å². The zero-order valence-corrected chi connectivity index (χ0v) is 68.6. The number of carboxylic acids is 1. The van der Waals surface area contributed by atoms with Crippen LogP contribution in [0.4, 0.5) is 0 Å². The highest BCUT2D eigenvalue weighted by Gasteiger charge is 2.60. The number of unbranched alkanes of at least 4 members (excludes halogenated alkanes) is 47. The van der Waals surface area contributed by atoms with E-state index in [2.05, 4.69) is 48.8 Å². The number of aliphatic hydroxyl groups excluding tert-OH is 11. The van der Waals surface area contributed by atoms with Gasteiger partial charge in [0.05, 0.1) is 50.7 Å². The molecule has 3 aliphatic rings. The highest BCUT2D eigenvalue weighted by molar-refractivity contribution is 5.77. The minimum atomic E-state index is -3.08. The molecule has 3 aliphatic heterocycles. The maximum Gasteiger partial charge on any atom is 0.364 e. The Labute approximate surface area is 663 Å². The number of allylic oxidation sites excluding steroid dienone is 5. The number of aliphatic hydroxyl groups is 11. The third-order valence-corrected chi connectivity index (χ3v) is 22.3. The summed E-state index contributed by atoms with van der Waals surface area (Å²) < 4.78 is 35.0. The monoisotopic (exact) mass is 1570 g/mol. The van der Waals surface area contributed by atoms with E-state index in [-0.39, 0.29) is 12.3 Å². The van der Waals surface area contributed by atoms with Gasteiger partial charge in [0.25, 0.3) is 5.79 Å². The van der Waals surface area contributed by atoms with Crippen molar-refractivity contribution in [3.63, 3.8) is 0 Å². The molecule has 0 aliphatic carbocycles. The van der Waals surface area contributed by atoms with Crippen LogP contribution in [0.5, 0.6) is 0 Å². The maximum atomic E-state index is 13.6. The molecule has 0 radical (unpaired) electrons. The molecule has 14 N–H and O–H groups in total. The lowest BCUT2D eigenvalue weighted by atomic mass is 9.88. The summed E-state index contributed by atoms with van der Waals surface area (Å²) in [6.07, 6.45) is 47.6. The van der Waals surface area contributed by atoms with E-state index in [0.717, 1.165) is 58.3 Å². The van der Waals surface area contributed by atoms with E-state index in [9.17, 15) is 75.7 Å². The summed E-state index contributed by atoms with van der Waals surface area (Å²) in [4.78, 5) is 38.8. The van der Waals surface area contributed by atoms with Crippen molar-refractivity contribution >= 4 is 17.8 Å². The van der Waals surface area contributed by atoms with Crippen molar-refractivity contribution in [2.24, 2.45) is 0 Å². The topological polar surface area (TPSA) is 373 Å². The zero-order valence-electron chi connectivity index (χ0n) is 68.6. The number of aliphatic carboxylic acids is 1. The van der Waals surface area contributed by atoms with Crippen molar-refractivity contribution in [2.45, 2.75) is 471 Å². The summed E-state index contributed by atoms with van der Waals surface area (Å²) in [6, 6.07) is -2.62. The molecule has 0 spiro atoms. The van der Waals surface area contributed by atoms with Crippen LogP contribution in [0.15, 0.2) is 36.5 Å². The fourth-order valence-corrected chi connectivity index (χ4v) is 15.3. The highest BCUT2D eigenvalue weighted by atomic mass is 16.8. The molecule has 0 aromatic carbocycles. The first kappa shape index (κ1) is 101. The number of nitrogens with one attached hydrogen (secondary N) is 2. The fourth-order valence-electron chi connectivity index (χ4n) is 15.3. The molecule has 3 fully saturated rings. The fraction of sp³-hybridized carbons (Fsp3) is 0.897. The first-order chi connectivity index (χ1) is 53.4. The molecule has 0 bridgehead atoms. The Morgan fingerprint density at radius 1 is 0.482 bits per heavy atom. The maximum absolute atomic E-state index is 13.6. The van der Waals surface area contributed by atoms with Gasteiger partial charge in [-0.2, -0.15) is 0 Å². The van der Waals surface area contributed by atoms with E-state index in [1.165, 1.54) is 263 Å². The number of amides is 2. The first-order valence-corrected chi connectivity index (χ1v) is 44.4. The molecule has 0 aromatic heterocycles. The summed E-state index contributed by atoms with van der Waals surface area (Å²) in [5, 5.41) is 137. The second-order valence-electron chi connectivity index (χ2n) is 32.1. The molecule has 3 heterocycles. The third kappa shape index (κ3) is 43.8. The van der Waals surface area contributed by atoms with Crippen molar-refractivity contribution in [3.05, 3.63) is 36.5 Å². The molecular formula is C87H160N2O21. The largest absolute Gasteiger partial charge is 0.477 e. The average Bonchev–Trinajstić information content (AvgIpc) is 0.752. The van der Waals surface area contributed by atoms with Gasteiger partial charge in [0.2, 0.25) is 11.8 Å². The number of ether oxygens (including phenoxy) is 6. The van der Waals surface area contributed by atoms with Crippen LogP contribution in [0, 0.1) is 0 Å². The van der Waals surface area contributed by atoms with Crippen molar-refractivity contribution < 1.29 is 104 Å². The number of carboxylic acid groups (broad SMARTS) is 1. The normalized spacial score (nSPS) is 25.7. The molecule has 3 rings (SSSR count). The van der Waals surface area contributed by atoms with Crippen molar-refractivity contribution in [2.75, 3.05) is 26.4 Å². The average molecular weight is 1570 g/mol. The lowest BCUT2D eigenvalue weighted by molar-refractivity contribution is -0.386. The Kier molecular flexibility index (Phi) is 59.8. The predicted molar refractivity (Wildman–Crippen MR) is 431 cm³/mol. The van der Waals surface area contributed by atoms with Crippen LogP contribution >= 0.6 is 0 Å². The van der Waals surface area contributed by atoms with Gasteiger partial charge in [-0.25, -0.2) is 4.79 Å². The van der Waals surface area contributed by atoms with Crippen LogP contribution in [0.2, 0.25) is 0 Å². The van der Waals surface area contributed by atoms with Gasteiger partial charge in [-0.3, -0.25) is 9.59 Å². The molecule has 18 unspecified atom stereocenters. The number of hydrogen-bond acceptors (Lipinski definition) is 20. The minimum Gasteiger partial charge on any atom is -0.477 e. The van der Waals surface area contributed by atoms with E-state index in [4.69, 9.17) is 28.4 Å². The smallest absolute Gasteiger partial charge is 0.364 e. The molecule has 2 amide bonds. The van der Waals surface area contributed by atoms with E-state index >= 15 is 0 Å². The van der Waals surface area contributed by atoms with Crippen molar-refractivity contribution in [1.82, 2.24) is 10.6 Å². The molecule has 23 nitrogen and oxygen atoms in total. The lowest BCUT2D eigenvalue weighted by Crippen LogP contribution is -2.70. The van der Waals surface area contributed by atoms with Gasteiger partial charge in [-0.1, -0.05) is 326 Å². The number of hydrogen-bond donors (Lipinski definition) is 14. The number of rotatable bonds is 71. The molecular weight excluding hydrogens is 1410 g/mol. The summed E-state index contributed by atoms with van der Waals surface area (Å²) in [7, 11) is 0. The van der Waals surface area contributed by atoms with E-state index in [1.807, 2.05) is 6.08 Å². The molecule has 23 heteroatoms. The summed E-state index contributed by atoms with van der Waals surface area (Å²) >= 11 is 0. The minimum absolute atomic E-state index is 0.202. The van der Waals surface area contributed by atoms with Gasteiger partial charge in [0.15, 0.2) is 12.6 Å². The van der Waals surface area contributed by atoms with Crippen LogP contribution in [0.25, 0.3) is 0 Å². The highest BCUT2D eigenvalue weighted by Crippen LogP contribution is 2.39. The van der Waals surface area contributed by atoms with Gasteiger partial charge in [-0.05, 0) is 51.4 Å². The van der Waals surface area contributed by atoms with E-state index in [0.29, 0.717) is 12.8 Å². The second kappa shape index (κ2) is 65.0. The molecule has 0 aromatic rings. The number of carbonyl (C=O) groups is 3. The van der Waals surface area contributed by atoms with Crippen LogP contribution in [0.1, 0.15) is 361 Å². The van der Waals surface area contributed by atoms with Crippen LogP contribution in [-0.2, 0) is 42.8 Å². The summed E-state index contributed by atoms with van der Waals surface area (Å²) in [5.41, 5.74) is 0. The summed E-state index contributed by atoms with van der Waals surface area (Å²) in [5.74, 6) is -6.14. The Balaban J connectivity index is 1.45. The molecule has 0 saturated carbocycles. The molecule has 110 heavy (non-hydrogen) atoms. The van der Waals surface area contributed by atoms with Gasteiger partial charge in [0, 0.05) is 19.8 Å². The Hall–Kier alpha value is -3.05. The molecule has 644 valence electrons. The van der Waals surface area contributed by atoms with Crippen molar-refractivity contribution in [1.29, 1.82) is 0 Å². The Bertz CT molecular complexity index is 2320. The standard InChI is InChI=1S/C87H160N2O21/c1-4-6-8-10-12-14-16-18-20-22-24-26-27-28-29-30-31-32-33-34-35-36-37-38-39-41-43-45-47-49-51-53-55-57-59-61-74(97)89-68(69(94)60-58-56-54-52-50-48-46-44-42-40-25-23-21-19-17-15-13-11-9-7-5-2)66-105-84-79(101)78(100)81(73(65-92)107-84)108-85-80(102)83(77(99)72(64-91)106-85)110-87(86(103)104)62-70(95)75(88-67(3)93)82(109-87)76(98)71(96)63-90/h27-28,30-31,58,60,68-73,75-85,90-92,94-96,98-102H,4-26,29,32-57,59,61-66H2,1-3H3,(H,88,93)(H,89,97)(H,103,104)/b28-27-,31-30-,60-58+. The predicted octanol–water partition coefficient (Wildman–Crippen LogP) is 13.6. The molecule has 18 atom stereocenters. The SMILES string of the molecule is CCCCCCCCCCCCC/C=C\C/C=C\CCCCCCCCCCCCCCCCCCCC(=O)NC(COC1OC(CO)C(OC2OC(CO)C(O)C(OC3(C(=O)O)CC(O)C(NC(C)=O)C(C(O)C(O)CO)O3)C2O)C(O)C1O)C(O)/C=C/CCCCCCCCCCCCCCCCCCCCC. The second-order valence-corrected chi connectivity index (χ2v) is 32.1. The van der Waals surface area contributed by atoms with Gasteiger partial charge >= 0.3 is 5.97 Å². The third-order valence-electron chi connectivity index (χ3n) is 22.3. The van der Waals surface area contributed by atoms with Crippen LogP contribution in [-0.4, -0.2) is 215 Å². The quantitative estimate of drug-likeness (QED) is 0.0199. The van der Waals surface area contributed by atoms with Gasteiger partial charge in [0.1, 0.15) is 67.1 Å². The Morgan fingerprint density at radius 2 is 0.882 bits per heavy atom. The van der Waals surface area contributed by atoms with Gasteiger partial charge < -0.3 is 100 Å². The first-order valence-electron chi connectivity index (χ1n) is 44.4. The lowest BCUT2D eigenvalue weighted by Gasteiger charge is -2.50. The summed E-state index contributed by atoms with van der Waals surface area (Å²) in [6.45, 7) is 2.20. The van der Waals surface area contributed by atoms with Crippen LogP contribution < -0.4 is 10.6 Å². The van der Waals surface area contributed by atoms with Crippen molar-refractivity contribution in [3.8, 4) is 0 Å². The van der Waals surface area contributed by atoms with E-state index < -0.39 is 155 Å². The van der Waals surface area contributed by atoms with Crippen LogP contribution in [0.3, 0.4) is 0 Å². The molecule has 3 saturated heterocycles. The van der Waals surface area contributed by atoms with E-state index in [1.54, 1.807) is 6.08 Å². The zero-order chi connectivity index (χ0) is 80.3. The Morgan fingerprint density at radius 3 is 1.28 bits per heavy atom. The number of carbonyl (C=O) groups excluding carboxylic acids is 2.